The van der Waals surface area contributed by atoms with Gasteiger partial charge in [0.2, 0.25) is 0 Å². The van der Waals surface area contributed by atoms with E-state index in [1.165, 1.54) is 0 Å². The molecule has 0 bridgehead atoms. The second-order valence-corrected chi connectivity index (χ2v) is 7.82. The van der Waals surface area contributed by atoms with Gasteiger partial charge in [-0.2, -0.15) is 0 Å². The number of aromatic nitrogens is 1. The highest BCUT2D eigenvalue weighted by molar-refractivity contribution is 5.68. The molecule has 0 aromatic carbocycles. The van der Waals surface area contributed by atoms with E-state index >= 15 is 0 Å². The standard InChI is InChI=1S/C20H32N2O3/c1-16(18-9-5-6-12-21-18)24-15-7-8-17-10-13-22(14-11-17)19(23)25-20(2,3)4/h5-6,9,12,16-17H,7-8,10-11,13-15H2,1-4H3/t16-/m1/s1. The van der Waals surface area contributed by atoms with Crippen molar-refractivity contribution < 1.29 is 14.3 Å². The van der Waals surface area contributed by atoms with Gasteiger partial charge in [0, 0.05) is 25.9 Å². The van der Waals surface area contributed by atoms with Gasteiger partial charge in [0.15, 0.2) is 0 Å². The zero-order valence-electron chi connectivity index (χ0n) is 16.0. The molecule has 1 aromatic rings. The van der Waals surface area contributed by atoms with E-state index < -0.39 is 5.60 Å². The van der Waals surface area contributed by atoms with Gasteiger partial charge in [-0.3, -0.25) is 4.98 Å². The van der Waals surface area contributed by atoms with Crippen LogP contribution in [0.25, 0.3) is 0 Å². The number of amides is 1. The average Bonchev–Trinajstić information content (AvgIpc) is 2.58. The van der Waals surface area contributed by atoms with Gasteiger partial charge in [0.05, 0.1) is 11.8 Å². The van der Waals surface area contributed by atoms with E-state index in [-0.39, 0.29) is 12.2 Å². The third-order valence-corrected chi connectivity index (χ3v) is 4.50. The Morgan fingerprint density at radius 1 is 1.32 bits per heavy atom. The maximum Gasteiger partial charge on any atom is 0.410 e. The summed E-state index contributed by atoms with van der Waals surface area (Å²) in [4.78, 5) is 18.2. The molecule has 5 nitrogen and oxygen atoms in total. The lowest BCUT2D eigenvalue weighted by atomic mass is 9.92. The Hall–Kier alpha value is -1.62. The Bertz CT molecular complexity index is 519. The second kappa shape index (κ2) is 9.18. The molecule has 1 amide bonds. The molecular weight excluding hydrogens is 316 g/mol. The molecule has 1 saturated heterocycles. The fourth-order valence-electron chi connectivity index (χ4n) is 3.06. The fraction of sp³-hybridized carbons (Fsp3) is 0.700. The molecule has 25 heavy (non-hydrogen) atoms. The number of rotatable bonds is 6. The van der Waals surface area contributed by atoms with E-state index in [1.54, 1.807) is 6.20 Å². The number of ether oxygens (including phenoxy) is 2. The molecule has 0 aliphatic carbocycles. The minimum atomic E-state index is -0.421. The van der Waals surface area contributed by atoms with E-state index in [0.29, 0.717) is 5.92 Å². The molecule has 1 atom stereocenters. The minimum Gasteiger partial charge on any atom is -0.444 e. The molecule has 2 rings (SSSR count). The van der Waals surface area contributed by atoms with Gasteiger partial charge >= 0.3 is 6.09 Å². The quantitative estimate of drug-likeness (QED) is 0.706. The summed E-state index contributed by atoms with van der Waals surface area (Å²) >= 11 is 0. The third kappa shape index (κ3) is 7.02. The highest BCUT2D eigenvalue weighted by Gasteiger charge is 2.26. The first-order valence-electron chi connectivity index (χ1n) is 9.35. The largest absolute Gasteiger partial charge is 0.444 e. The van der Waals surface area contributed by atoms with Crippen LogP contribution in [-0.4, -0.2) is 41.3 Å². The van der Waals surface area contributed by atoms with Crippen LogP contribution < -0.4 is 0 Å². The van der Waals surface area contributed by atoms with Crippen molar-refractivity contribution in [2.45, 2.75) is 65.1 Å². The van der Waals surface area contributed by atoms with Crippen LogP contribution in [-0.2, 0) is 9.47 Å². The van der Waals surface area contributed by atoms with Crippen molar-refractivity contribution in [3.63, 3.8) is 0 Å². The van der Waals surface area contributed by atoms with Crippen LogP contribution in [0.3, 0.4) is 0 Å². The smallest absolute Gasteiger partial charge is 0.410 e. The third-order valence-electron chi connectivity index (χ3n) is 4.50. The number of hydrogen-bond donors (Lipinski definition) is 0. The van der Waals surface area contributed by atoms with Crippen LogP contribution in [0.5, 0.6) is 0 Å². The van der Waals surface area contributed by atoms with Crippen molar-refractivity contribution in [2.75, 3.05) is 19.7 Å². The first-order valence-corrected chi connectivity index (χ1v) is 9.35. The zero-order chi connectivity index (χ0) is 18.3. The Balaban J connectivity index is 1.60. The van der Waals surface area contributed by atoms with E-state index in [0.717, 1.165) is 51.1 Å². The Morgan fingerprint density at radius 2 is 2.04 bits per heavy atom. The lowest BCUT2D eigenvalue weighted by molar-refractivity contribution is 0.0169. The monoisotopic (exact) mass is 348 g/mol. The number of likely N-dealkylation sites (tertiary alicyclic amines) is 1. The van der Waals surface area contributed by atoms with Crippen LogP contribution in [0.4, 0.5) is 4.79 Å². The molecule has 5 heteroatoms. The molecule has 0 N–H and O–H groups in total. The molecule has 2 heterocycles. The zero-order valence-corrected chi connectivity index (χ0v) is 16.0. The van der Waals surface area contributed by atoms with Crippen molar-refractivity contribution in [2.24, 2.45) is 5.92 Å². The predicted molar refractivity (Wildman–Crippen MR) is 98.4 cm³/mol. The van der Waals surface area contributed by atoms with Crippen molar-refractivity contribution in [3.05, 3.63) is 30.1 Å². The van der Waals surface area contributed by atoms with Crippen molar-refractivity contribution in [1.29, 1.82) is 0 Å². The number of carbonyl (C=O) groups excluding carboxylic acids is 1. The van der Waals surface area contributed by atoms with Gasteiger partial charge in [-0.25, -0.2) is 4.79 Å². The van der Waals surface area contributed by atoms with Gasteiger partial charge in [-0.1, -0.05) is 6.07 Å². The lowest BCUT2D eigenvalue weighted by Crippen LogP contribution is -2.41. The molecule has 0 unspecified atom stereocenters. The summed E-state index contributed by atoms with van der Waals surface area (Å²) in [6.07, 6.45) is 5.96. The maximum atomic E-state index is 12.1. The molecule has 1 fully saturated rings. The van der Waals surface area contributed by atoms with Gasteiger partial charge < -0.3 is 14.4 Å². The van der Waals surface area contributed by atoms with Crippen molar-refractivity contribution in [1.82, 2.24) is 9.88 Å². The minimum absolute atomic E-state index is 0.0372. The van der Waals surface area contributed by atoms with Crippen LogP contribution >= 0.6 is 0 Å². The van der Waals surface area contributed by atoms with E-state index in [4.69, 9.17) is 9.47 Å². The number of carbonyl (C=O) groups is 1. The van der Waals surface area contributed by atoms with Gasteiger partial charge in [-0.15, -0.1) is 0 Å². The molecule has 0 saturated carbocycles. The van der Waals surface area contributed by atoms with Crippen molar-refractivity contribution in [3.8, 4) is 0 Å². The van der Waals surface area contributed by atoms with E-state index in [9.17, 15) is 4.79 Å². The Morgan fingerprint density at radius 3 is 2.64 bits per heavy atom. The number of piperidine rings is 1. The summed E-state index contributed by atoms with van der Waals surface area (Å²) in [6, 6.07) is 5.90. The van der Waals surface area contributed by atoms with Crippen LogP contribution in [0.15, 0.2) is 24.4 Å². The number of nitrogens with zero attached hydrogens (tertiary/aromatic N) is 2. The molecular formula is C20H32N2O3. The molecule has 1 aromatic heterocycles. The number of hydrogen-bond acceptors (Lipinski definition) is 4. The van der Waals surface area contributed by atoms with Crippen LogP contribution in [0, 0.1) is 5.92 Å². The summed E-state index contributed by atoms with van der Waals surface area (Å²) < 4.78 is 11.3. The average molecular weight is 348 g/mol. The van der Waals surface area contributed by atoms with Gasteiger partial charge in [-0.05, 0) is 71.4 Å². The second-order valence-electron chi connectivity index (χ2n) is 7.82. The summed E-state index contributed by atoms with van der Waals surface area (Å²) in [7, 11) is 0. The maximum absolute atomic E-state index is 12.1. The summed E-state index contributed by atoms with van der Waals surface area (Å²) in [5.74, 6) is 0.674. The van der Waals surface area contributed by atoms with E-state index in [2.05, 4.69) is 4.98 Å². The van der Waals surface area contributed by atoms with Gasteiger partial charge in [0.1, 0.15) is 5.60 Å². The highest BCUT2D eigenvalue weighted by atomic mass is 16.6. The molecule has 1 aliphatic heterocycles. The van der Waals surface area contributed by atoms with Gasteiger partial charge in [0.25, 0.3) is 0 Å². The molecule has 0 spiro atoms. The van der Waals surface area contributed by atoms with E-state index in [1.807, 2.05) is 50.8 Å². The predicted octanol–water partition coefficient (Wildman–Crippen LogP) is 4.59. The Kier molecular flexibility index (Phi) is 7.24. The highest BCUT2D eigenvalue weighted by Crippen LogP contribution is 2.24. The molecule has 1 aliphatic rings. The molecule has 140 valence electrons. The van der Waals surface area contributed by atoms with Crippen LogP contribution in [0.1, 0.15) is 65.2 Å². The molecule has 0 radical (unpaired) electrons. The normalized spacial score (nSPS) is 17.4. The first-order chi connectivity index (χ1) is 11.8. The lowest BCUT2D eigenvalue weighted by Gasteiger charge is -2.33. The Labute approximate surface area is 151 Å². The first kappa shape index (κ1) is 19.7. The topological polar surface area (TPSA) is 51.7 Å². The van der Waals surface area contributed by atoms with Crippen molar-refractivity contribution >= 4 is 6.09 Å². The summed E-state index contributed by atoms with van der Waals surface area (Å²) in [5.41, 5.74) is 0.559. The van der Waals surface area contributed by atoms with Crippen LogP contribution in [0.2, 0.25) is 0 Å². The fourth-order valence-corrected chi connectivity index (χ4v) is 3.06. The number of pyridine rings is 1. The SMILES string of the molecule is C[C@@H](OCCCC1CCN(C(=O)OC(C)(C)C)CC1)c1ccccn1. The summed E-state index contributed by atoms with van der Waals surface area (Å²) in [6.45, 7) is 10.1. The summed E-state index contributed by atoms with van der Waals surface area (Å²) in [5, 5.41) is 0.